The van der Waals surface area contributed by atoms with Crippen LogP contribution < -0.4 is 25.8 Å². The molecule has 0 atom stereocenters. The zero-order chi connectivity index (χ0) is 29.7. The van der Waals surface area contributed by atoms with Crippen molar-refractivity contribution in [2.45, 2.75) is 47.7 Å². The minimum absolute atomic E-state index is 0.135. The first kappa shape index (κ1) is 31.3. The van der Waals surface area contributed by atoms with Crippen molar-refractivity contribution < 1.29 is 13.2 Å². The largest absolute Gasteiger partial charge is 0.416 e. The minimum Gasteiger partial charge on any atom is -0.380 e. The van der Waals surface area contributed by atoms with Crippen LogP contribution in [0.2, 0.25) is 0 Å². The van der Waals surface area contributed by atoms with E-state index in [1.807, 2.05) is 21.1 Å². The highest BCUT2D eigenvalue weighted by molar-refractivity contribution is 7.99. The van der Waals surface area contributed by atoms with E-state index in [9.17, 15) is 13.2 Å². The number of benzene rings is 2. The number of alkyl halides is 3. The molecule has 3 aliphatic heterocycles. The Morgan fingerprint density at radius 1 is 0.905 bits per heavy atom. The molecular formula is C31H46F3N7S. The van der Waals surface area contributed by atoms with Gasteiger partial charge in [0, 0.05) is 94.0 Å². The molecule has 2 aromatic carbocycles. The van der Waals surface area contributed by atoms with Gasteiger partial charge in [-0.1, -0.05) is 11.8 Å². The van der Waals surface area contributed by atoms with E-state index in [4.69, 9.17) is 0 Å². The van der Waals surface area contributed by atoms with Gasteiger partial charge in [0.25, 0.3) is 0 Å². The van der Waals surface area contributed by atoms with Gasteiger partial charge >= 0.3 is 6.18 Å². The number of halogens is 3. The summed E-state index contributed by atoms with van der Waals surface area (Å²) in [6.45, 7) is 9.95. The minimum atomic E-state index is -4.40. The molecule has 0 saturated carbocycles. The average molecular weight is 606 g/mol. The number of nitrogens with one attached hydrogen (secondary N) is 3. The molecule has 0 aliphatic carbocycles. The Bertz CT molecular complexity index is 1170. The molecule has 2 aromatic rings. The van der Waals surface area contributed by atoms with E-state index in [0.717, 1.165) is 100 Å². The monoisotopic (exact) mass is 605 g/mol. The third-order valence-corrected chi connectivity index (χ3v) is 9.85. The number of hydrogen-bond acceptors (Lipinski definition) is 8. The predicted octanol–water partition coefficient (Wildman–Crippen LogP) is 5.16. The molecule has 0 spiro atoms. The van der Waals surface area contributed by atoms with Crippen LogP contribution in [0, 0.1) is 0 Å². The highest BCUT2D eigenvalue weighted by atomic mass is 32.2. The van der Waals surface area contributed by atoms with Crippen molar-refractivity contribution in [2.75, 3.05) is 102 Å². The van der Waals surface area contributed by atoms with E-state index in [1.54, 1.807) is 0 Å². The third kappa shape index (κ3) is 7.48. The van der Waals surface area contributed by atoms with Gasteiger partial charge in [-0.2, -0.15) is 13.2 Å². The van der Waals surface area contributed by atoms with Crippen LogP contribution in [0.5, 0.6) is 0 Å². The Morgan fingerprint density at radius 2 is 1.60 bits per heavy atom. The standard InChI is InChI=1S/C31H46F3N7S/c1-35-10-16-40(17-11-36-2)19-18-39-14-8-24(9-15-39)37-26-20-23(31(32,33)34)21-29-30(26)38(3)27-7-6-25(22-28(27)42-29)41-12-4-5-13-41/h6-7,20-22,24,35-37H,4-5,8-19H2,1-3H3. The molecule has 2 fully saturated rings. The molecular weight excluding hydrogens is 559 g/mol. The van der Waals surface area contributed by atoms with Gasteiger partial charge in [0.15, 0.2) is 0 Å². The second kappa shape index (κ2) is 14.1. The number of likely N-dealkylation sites (N-methyl/N-ethyl adjacent to an activating group) is 2. The zero-order valence-corrected chi connectivity index (χ0v) is 26.0. The highest BCUT2D eigenvalue weighted by Crippen LogP contribution is 2.53. The van der Waals surface area contributed by atoms with E-state index < -0.39 is 11.7 Å². The highest BCUT2D eigenvalue weighted by Gasteiger charge is 2.35. The number of likely N-dealkylation sites (tertiary alicyclic amines) is 1. The van der Waals surface area contributed by atoms with Crippen LogP contribution in [0.4, 0.5) is 35.9 Å². The maximum absolute atomic E-state index is 14.1. The molecule has 3 aliphatic rings. The molecule has 3 heterocycles. The first-order valence-corrected chi connectivity index (χ1v) is 16.1. The Labute approximate surface area is 253 Å². The summed E-state index contributed by atoms with van der Waals surface area (Å²) in [5.41, 5.74) is 3.01. The predicted molar refractivity (Wildman–Crippen MR) is 169 cm³/mol. The molecule has 2 saturated heterocycles. The fraction of sp³-hybridized carbons (Fsp3) is 0.613. The summed E-state index contributed by atoms with van der Waals surface area (Å²) in [7, 11) is 5.94. The fourth-order valence-electron chi connectivity index (χ4n) is 6.26. The summed E-state index contributed by atoms with van der Waals surface area (Å²) in [5, 5.41) is 10.0. The van der Waals surface area contributed by atoms with Crippen LogP contribution in [-0.2, 0) is 6.18 Å². The van der Waals surface area contributed by atoms with Gasteiger partial charge < -0.3 is 30.7 Å². The number of nitrogens with zero attached hydrogens (tertiary/aromatic N) is 4. The quantitative estimate of drug-likeness (QED) is 0.307. The summed E-state index contributed by atoms with van der Waals surface area (Å²) in [6.07, 6.45) is -0.225. The van der Waals surface area contributed by atoms with Crippen LogP contribution in [0.3, 0.4) is 0 Å². The Hall–Kier alpha value is -2.18. The van der Waals surface area contributed by atoms with Gasteiger partial charge in [-0.25, -0.2) is 0 Å². The van der Waals surface area contributed by atoms with Crippen molar-refractivity contribution in [1.29, 1.82) is 0 Å². The molecule has 5 rings (SSSR count). The van der Waals surface area contributed by atoms with Crippen molar-refractivity contribution in [3.8, 4) is 0 Å². The second-order valence-electron chi connectivity index (χ2n) is 11.7. The lowest BCUT2D eigenvalue weighted by Crippen LogP contribution is -2.44. The molecule has 3 N–H and O–H groups in total. The van der Waals surface area contributed by atoms with E-state index in [2.05, 4.69) is 53.7 Å². The summed E-state index contributed by atoms with van der Waals surface area (Å²) in [4.78, 5) is 11.1. The topological polar surface area (TPSA) is 49.1 Å². The van der Waals surface area contributed by atoms with E-state index >= 15 is 0 Å². The van der Waals surface area contributed by atoms with Gasteiger partial charge in [0.2, 0.25) is 0 Å². The summed E-state index contributed by atoms with van der Waals surface area (Å²) in [6, 6.07) is 9.19. The Balaban J connectivity index is 1.27. The molecule has 7 nitrogen and oxygen atoms in total. The Morgan fingerprint density at radius 3 is 2.24 bits per heavy atom. The van der Waals surface area contributed by atoms with Crippen LogP contribution in [0.1, 0.15) is 31.2 Å². The third-order valence-electron chi connectivity index (χ3n) is 8.77. The van der Waals surface area contributed by atoms with Gasteiger partial charge in [0.05, 0.1) is 22.6 Å². The number of rotatable bonds is 12. The van der Waals surface area contributed by atoms with Crippen molar-refractivity contribution in [3.05, 3.63) is 35.9 Å². The second-order valence-corrected chi connectivity index (χ2v) is 12.8. The fourth-order valence-corrected chi connectivity index (χ4v) is 7.51. The number of piperidine rings is 1. The van der Waals surface area contributed by atoms with Crippen molar-refractivity contribution in [2.24, 2.45) is 0 Å². The molecule has 11 heteroatoms. The van der Waals surface area contributed by atoms with Crippen LogP contribution in [-0.4, -0.2) is 102 Å². The molecule has 0 radical (unpaired) electrons. The lowest BCUT2D eigenvalue weighted by Gasteiger charge is -2.37. The van der Waals surface area contributed by atoms with Crippen molar-refractivity contribution >= 4 is 34.5 Å². The molecule has 0 bridgehead atoms. The lowest BCUT2D eigenvalue weighted by atomic mass is 10.0. The van der Waals surface area contributed by atoms with Gasteiger partial charge in [0.1, 0.15) is 0 Å². The molecule has 42 heavy (non-hydrogen) atoms. The van der Waals surface area contributed by atoms with E-state index in [0.29, 0.717) is 10.6 Å². The molecule has 0 aromatic heterocycles. The van der Waals surface area contributed by atoms with Gasteiger partial charge in [-0.3, -0.25) is 4.90 Å². The summed E-state index contributed by atoms with van der Waals surface area (Å²) >= 11 is 1.46. The lowest BCUT2D eigenvalue weighted by molar-refractivity contribution is -0.137. The van der Waals surface area contributed by atoms with Gasteiger partial charge in [-0.15, -0.1) is 0 Å². The number of hydrogen-bond donors (Lipinski definition) is 3. The maximum atomic E-state index is 14.1. The first-order chi connectivity index (χ1) is 20.3. The van der Waals surface area contributed by atoms with Crippen LogP contribution in [0.25, 0.3) is 0 Å². The van der Waals surface area contributed by atoms with E-state index in [1.165, 1.54) is 36.7 Å². The first-order valence-electron chi connectivity index (χ1n) is 15.3. The molecule has 232 valence electrons. The van der Waals surface area contributed by atoms with E-state index in [-0.39, 0.29) is 6.04 Å². The SMILES string of the molecule is CNCCN(CCNC)CCN1CCC(Nc2cc(C(F)(F)F)cc3c2N(C)c2ccc(N4CCCC4)cc2S3)CC1. The van der Waals surface area contributed by atoms with Crippen molar-refractivity contribution in [3.63, 3.8) is 0 Å². The van der Waals surface area contributed by atoms with Crippen LogP contribution >= 0.6 is 11.8 Å². The summed E-state index contributed by atoms with van der Waals surface area (Å²) in [5.74, 6) is 0. The summed E-state index contributed by atoms with van der Waals surface area (Å²) < 4.78 is 42.2. The smallest absolute Gasteiger partial charge is 0.380 e. The molecule has 0 amide bonds. The Kier molecular flexibility index (Phi) is 10.5. The number of fused-ring (bicyclic) bond motifs is 2. The van der Waals surface area contributed by atoms with Crippen molar-refractivity contribution in [1.82, 2.24) is 20.4 Å². The molecule has 0 unspecified atom stereocenters. The zero-order valence-electron chi connectivity index (χ0n) is 25.2. The maximum Gasteiger partial charge on any atom is 0.416 e. The van der Waals surface area contributed by atoms with Crippen LogP contribution in [0.15, 0.2) is 40.1 Å². The average Bonchev–Trinajstić information content (AvgIpc) is 3.52. The normalized spacial score (nSPS) is 18.1. The number of anilines is 4. The van der Waals surface area contributed by atoms with Gasteiger partial charge in [-0.05, 0) is 70.1 Å².